The molecule has 0 spiro atoms. The van der Waals surface area contributed by atoms with Gasteiger partial charge in [0.2, 0.25) is 0 Å². The predicted octanol–water partition coefficient (Wildman–Crippen LogP) is 1.49. The quantitative estimate of drug-likeness (QED) is 0.929. The SMILES string of the molecule is Cc1nnsc1C(=O)NCCn1ccc(C(F)(F)F)n1. The Bertz CT molecular complexity index is 606. The Hall–Kier alpha value is -1.97. The maximum absolute atomic E-state index is 12.3. The van der Waals surface area contributed by atoms with Crippen molar-refractivity contribution in [2.45, 2.75) is 19.6 Å². The fourth-order valence-corrected chi connectivity index (χ4v) is 2.01. The molecule has 0 fully saturated rings. The van der Waals surface area contributed by atoms with E-state index in [1.165, 1.54) is 6.20 Å². The Morgan fingerprint density at radius 2 is 2.25 bits per heavy atom. The third-order valence-electron chi connectivity index (χ3n) is 2.42. The van der Waals surface area contributed by atoms with Gasteiger partial charge in [0.05, 0.1) is 12.2 Å². The van der Waals surface area contributed by atoms with E-state index in [1.807, 2.05) is 0 Å². The van der Waals surface area contributed by atoms with Gasteiger partial charge in [-0.15, -0.1) is 5.10 Å². The fourth-order valence-electron chi connectivity index (χ4n) is 1.44. The Balaban J connectivity index is 1.86. The number of aromatic nitrogens is 4. The largest absolute Gasteiger partial charge is 0.435 e. The van der Waals surface area contributed by atoms with Gasteiger partial charge in [0.25, 0.3) is 5.91 Å². The van der Waals surface area contributed by atoms with Crippen molar-refractivity contribution in [1.82, 2.24) is 24.7 Å². The van der Waals surface area contributed by atoms with Crippen LogP contribution in [0.2, 0.25) is 0 Å². The molecule has 0 aliphatic rings. The number of aryl methyl sites for hydroxylation is 1. The summed E-state index contributed by atoms with van der Waals surface area (Å²) in [6, 6.07) is 0.888. The molecule has 0 aliphatic carbocycles. The lowest BCUT2D eigenvalue weighted by Crippen LogP contribution is -2.27. The Labute approximate surface area is 115 Å². The first-order chi connectivity index (χ1) is 9.38. The van der Waals surface area contributed by atoms with Gasteiger partial charge in [-0.3, -0.25) is 9.48 Å². The van der Waals surface area contributed by atoms with Gasteiger partial charge in [-0.1, -0.05) is 4.49 Å². The van der Waals surface area contributed by atoms with E-state index in [4.69, 9.17) is 0 Å². The van der Waals surface area contributed by atoms with Crippen LogP contribution in [0.1, 0.15) is 21.1 Å². The van der Waals surface area contributed by atoms with Gasteiger partial charge in [0.15, 0.2) is 5.69 Å². The van der Waals surface area contributed by atoms with Gasteiger partial charge in [0.1, 0.15) is 4.88 Å². The molecule has 0 atom stereocenters. The van der Waals surface area contributed by atoms with Crippen molar-refractivity contribution in [3.63, 3.8) is 0 Å². The van der Waals surface area contributed by atoms with E-state index >= 15 is 0 Å². The summed E-state index contributed by atoms with van der Waals surface area (Å²) in [7, 11) is 0. The number of rotatable bonds is 4. The normalized spacial score (nSPS) is 11.6. The molecule has 1 N–H and O–H groups in total. The molecule has 2 aromatic heterocycles. The molecule has 2 aromatic rings. The first-order valence-electron chi connectivity index (χ1n) is 5.55. The van der Waals surface area contributed by atoms with Gasteiger partial charge >= 0.3 is 6.18 Å². The first-order valence-corrected chi connectivity index (χ1v) is 6.33. The predicted molar refractivity (Wildman–Crippen MR) is 64.2 cm³/mol. The number of amides is 1. The molecule has 0 radical (unpaired) electrons. The minimum absolute atomic E-state index is 0.146. The van der Waals surface area contributed by atoms with Crippen LogP contribution in [0.25, 0.3) is 0 Å². The van der Waals surface area contributed by atoms with Crippen molar-refractivity contribution in [3.8, 4) is 0 Å². The van der Waals surface area contributed by atoms with E-state index in [9.17, 15) is 18.0 Å². The molecule has 0 aromatic carbocycles. The topological polar surface area (TPSA) is 72.7 Å². The Morgan fingerprint density at radius 1 is 1.50 bits per heavy atom. The van der Waals surface area contributed by atoms with Crippen LogP contribution in [0.15, 0.2) is 12.3 Å². The number of halogens is 3. The molecule has 108 valence electrons. The Morgan fingerprint density at radius 3 is 2.80 bits per heavy atom. The molecular weight excluding hydrogens is 295 g/mol. The standard InChI is InChI=1S/C10H10F3N5OS/c1-6-8(20-17-15-6)9(19)14-3-5-18-4-2-7(16-18)10(11,12)13/h2,4H,3,5H2,1H3,(H,14,19). The number of nitrogens with zero attached hydrogens (tertiary/aromatic N) is 4. The lowest BCUT2D eigenvalue weighted by molar-refractivity contribution is -0.141. The van der Waals surface area contributed by atoms with Crippen LogP contribution in [0.5, 0.6) is 0 Å². The van der Waals surface area contributed by atoms with Crippen molar-refractivity contribution in [3.05, 3.63) is 28.5 Å². The van der Waals surface area contributed by atoms with Gasteiger partial charge in [-0.05, 0) is 24.5 Å². The van der Waals surface area contributed by atoms with Crippen molar-refractivity contribution in [2.24, 2.45) is 0 Å². The molecule has 2 rings (SSSR count). The zero-order valence-electron chi connectivity index (χ0n) is 10.3. The van der Waals surface area contributed by atoms with Gasteiger partial charge in [-0.2, -0.15) is 18.3 Å². The van der Waals surface area contributed by atoms with E-state index in [0.717, 1.165) is 22.3 Å². The molecule has 10 heteroatoms. The molecular formula is C10H10F3N5OS. The van der Waals surface area contributed by atoms with Crippen LogP contribution < -0.4 is 5.32 Å². The molecule has 2 heterocycles. The minimum atomic E-state index is -4.46. The summed E-state index contributed by atoms with van der Waals surface area (Å²) in [5.74, 6) is -0.347. The van der Waals surface area contributed by atoms with Crippen molar-refractivity contribution in [1.29, 1.82) is 0 Å². The van der Waals surface area contributed by atoms with Crippen LogP contribution in [-0.2, 0) is 12.7 Å². The highest BCUT2D eigenvalue weighted by atomic mass is 32.1. The highest BCUT2D eigenvalue weighted by molar-refractivity contribution is 7.07. The van der Waals surface area contributed by atoms with E-state index in [0.29, 0.717) is 10.6 Å². The molecule has 0 saturated heterocycles. The van der Waals surface area contributed by atoms with Gasteiger partial charge in [0, 0.05) is 12.7 Å². The zero-order chi connectivity index (χ0) is 14.8. The van der Waals surface area contributed by atoms with Gasteiger partial charge in [-0.25, -0.2) is 0 Å². The third kappa shape index (κ3) is 3.32. The monoisotopic (exact) mass is 305 g/mol. The summed E-state index contributed by atoms with van der Waals surface area (Å²) >= 11 is 0.967. The lowest BCUT2D eigenvalue weighted by atomic mass is 10.4. The smallest absolute Gasteiger partial charge is 0.349 e. The Kier molecular flexibility index (Phi) is 4.02. The second-order valence-corrected chi connectivity index (χ2v) is 4.66. The molecule has 1 amide bonds. The number of nitrogens with one attached hydrogen (secondary N) is 1. The summed E-state index contributed by atoms with van der Waals surface area (Å²) in [6.07, 6.45) is -3.24. The minimum Gasteiger partial charge on any atom is -0.349 e. The summed E-state index contributed by atoms with van der Waals surface area (Å²) in [5, 5.41) is 9.65. The van der Waals surface area contributed by atoms with Crippen LogP contribution in [0.4, 0.5) is 13.2 Å². The van der Waals surface area contributed by atoms with E-state index in [1.54, 1.807) is 6.92 Å². The zero-order valence-corrected chi connectivity index (χ0v) is 11.1. The third-order valence-corrected chi connectivity index (χ3v) is 3.24. The maximum Gasteiger partial charge on any atom is 0.435 e. The van der Waals surface area contributed by atoms with Crippen LogP contribution in [-0.4, -0.2) is 31.8 Å². The second-order valence-electron chi connectivity index (χ2n) is 3.91. The number of hydrogen-bond donors (Lipinski definition) is 1. The summed E-state index contributed by atoms with van der Waals surface area (Å²) < 4.78 is 41.7. The highest BCUT2D eigenvalue weighted by Gasteiger charge is 2.33. The molecule has 6 nitrogen and oxygen atoms in total. The summed E-state index contributed by atoms with van der Waals surface area (Å²) in [6.45, 7) is 1.96. The number of alkyl halides is 3. The van der Waals surface area contributed by atoms with E-state index in [2.05, 4.69) is 20.0 Å². The van der Waals surface area contributed by atoms with Crippen LogP contribution in [0.3, 0.4) is 0 Å². The van der Waals surface area contributed by atoms with Crippen LogP contribution >= 0.6 is 11.5 Å². The summed E-state index contributed by atoms with van der Waals surface area (Å²) in [4.78, 5) is 12.1. The molecule has 0 saturated carbocycles. The first kappa shape index (κ1) is 14.4. The molecule has 20 heavy (non-hydrogen) atoms. The molecule has 0 bridgehead atoms. The van der Waals surface area contributed by atoms with Crippen molar-refractivity contribution >= 4 is 17.4 Å². The number of carbonyl (C=O) groups is 1. The van der Waals surface area contributed by atoms with E-state index < -0.39 is 11.9 Å². The van der Waals surface area contributed by atoms with Crippen molar-refractivity contribution < 1.29 is 18.0 Å². The van der Waals surface area contributed by atoms with E-state index in [-0.39, 0.29) is 19.0 Å². The average molecular weight is 305 g/mol. The number of hydrogen-bond acceptors (Lipinski definition) is 5. The van der Waals surface area contributed by atoms with Gasteiger partial charge < -0.3 is 5.32 Å². The summed E-state index contributed by atoms with van der Waals surface area (Å²) in [5.41, 5.74) is -0.433. The highest BCUT2D eigenvalue weighted by Crippen LogP contribution is 2.27. The average Bonchev–Trinajstić information content (AvgIpc) is 2.97. The van der Waals surface area contributed by atoms with Crippen molar-refractivity contribution in [2.75, 3.05) is 6.54 Å². The maximum atomic E-state index is 12.3. The number of carbonyl (C=O) groups excluding carboxylic acids is 1. The second kappa shape index (κ2) is 5.57. The fraction of sp³-hybridized carbons (Fsp3) is 0.400. The molecule has 0 unspecified atom stereocenters. The molecule has 0 aliphatic heterocycles. The van der Waals surface area contributed by atoms with Crippen LogP contribution in [0, 0.1) is 6.92 Å². The lowest BCUT2D eigenvalue weighted by Gasteiger charge is -2.04.